The minimum absolute atomic E-state index is 0.266. The zero-order valence-corrected chi connectivity index (χ0v) is 10.2. The van der Waals surface area contributed by atoms with E-state index in [4.69, 9.17) is 4.74 Å². The Morgan fingerprint density at radius 1 is 1.38 bits per heavy atom. The summed E-state index contributed by atoms with van der Waals surface area (Å²) in [6.45, 7) is 4.22. The molecular weight excluding hydrogens is 200 g/mol. The number of para-hydroxylation sites is 1. The summed E-state index contributed by atoms with van der Waals surface area (Å²) < 4.78 is 5.09. The predicted molar refractivity (Wildman–Crippen MR) is 67.1 cm³/mol. The molecular formula is C14H20O2. The maximum Gasteiger partial charge on any atom is 0.161 e. The van der Waals surface area contributed by atoms with Crippen molar-refractivity contribution in [2.24, 2.45) is 0 Å². The first kappa shape index (κ1) is 12.6. The number of aromatic hydroxyl groups is 1. The molecule has 0 spiro atoms. The maximum atomic E-state index is 9.97. The van der Waals surface area contributed by atoms with Crippen molar-refractivity contribution < 1.29 is 9.84 Å². The van der Waals surface area contributed by atoms with E-state index < -0.39 is 0 Å². The van der Waals surface area contributed by atoms with Crippen LogP contribution in [0.2, 0.25) is 0 Å². The van der Waals surface area contributed by atoms with Crippen molar-refractivity contribution >= 4 is 0 Å². The quantitative estimate of drug-likeness (QED) is 0.763. The van der Waals surface area contributed by atoms with Crippen LogP contribution in [0.5, 0.6) is 11.5 Å². The fraction of sp³-hybridized carbons (Fsp3) is 0.429. The van der Waals surface area contributed by atoms with Crippen molar-refractivity contribution in [3.63, 3.8) is 0 Å². The van der Waals surface area contributed by atoms with Gasteiger partial charge in [0.15, 0.2) is 11.5 Å². The number of rotatable bonds is 5. The summed E-state index contributed by atoms with van der Waals surface area (Å²) in [5, 5.41) is 9.97. The second-order valence-corrected chi connectivity index (χ2v) is 3.91. The number of benzene rings is 1. The smallest absolute Gasteiger partial charge is 0.161 e. The SMILES string of the molecule is CC/C=C\CC(C)c1cccc(OC)c1O. The Bertz CT molecular complexity index is 356. The number of ether oxygens (including phenoxy) is 1. The van der Waals surface area contributed by atoms with Crippen LogP contribution in [0.1, 0.15) is 38.2 Å². The first-order valence-corrected chi connectivity index (χ1v) is 5.71. The molecule has 0 aromatic heterocycles. The first-order chi connectivity index (χ1) is 7.70. The monoisotopic (exact) mass is 220 g/mol. The number of hydrogen-bond acceptors (Lipinski definition) is 2. The highest BCUT2D eigenvalue weighted by Gasteiger charge is 2.12. The van der Waals surface area contributed by atoms with E-state index in [2.05, 4.69) is 26.0 Å². The van der Waals surface area contributed by atoms with Gasteiger partial charge >= 0.3 is 0 Å². The lowest BCUT2D eigenvalue weighted by molar-refractivity contribution is 0.369. The van der Waals surface area contributed by atoms with Crippen LogP contribution in [0.15, 0.2) is 30.4 Å². The molecule has 0 aliphatic rings. The predicted octanol–water partition coefficient (Wildman–Crippen LogP) is 3.86. The summed E-state index contributed by atoms with van der Waals surface area (Å²) in [4.78, 5) is 0. The summed E-state index contributed by atoms with van der Waals surface area (Å²) in [6, 6.07) is 5.63. The highest BCUT2D eigenvalue weighted by molar-refractivity contribution is 5.46. The highest BCUT2D eigenvalue weighted by atomic mass is 16.5. The van der Waals surface area contributed by atoms with Crippen LogP contribution in [0.3, 0.4) is 0 Å². The van der Waals surface area contributed by atoms with Gasteiger partial charge in [0.1, 0.15) is 0 Å². The van der Waals surface area contributed by atoms with Crippen LogP contribution >= 0.6 is 0 Å². The highest BCUT2D eigenvalue weighted by Crippen LogP contribution is 2.35. The molecule has 2 nitrogen and oxygen atoms in total. The van der Waals surface area contributed by atoms with Gasteiger partial charge in [-0.2, -0.15) is 0 Å². The second kappa shape index (κ2) is 6.21. The summed E-state index contributed by atoms with van der Waals surface area (Å²) in [5.74, 6) is 1.11. The Morgan fingerprint density at radius 2 is 2.12 bits per heavy atom. The van der Waals surface area contributed by atoms with E-state index in [1.165, 1.54) is 0 Å². The Kier molecular flexibility index (Phi) is 4.90. The lowest BCUT2D eigenvalue weighted by Gasteiger charge is -2.13. The van der Waals surface area contributed by atoms with Crippen molar-refractivity contribution in [2.45, 2.75) is 32.6 Å². The summed E-state index contributed by atoms with van der Waals surface area (Å²) >= 11 is 0. The standard InChI is InChI=1S/C14H20O2/c1-4-5-6-8-11(2)12-9-7-10-13(16-3)14(12)15/h5-7,9-11,15H,4,8H2,1-3H3/b6-5-. The van der Waals surface area contributed by atoms with Gasteiger partial charge < -0.3 is 9.84 Å². The number of hydrogen-bond donors (Lipinski definition) is 1. The minimum atomic E-state index is 0.266. The molecule has 0 aliphatic carbocycles. The van der Waals surface area contributed by atoms with E-state index in [1.54, 1.807) is 13.2 Å². The van der Waals surface area contributed by atoms with Crippen LogP contribution in [0, 0.1) is 0 Å². The third-order valence-corrected chi connectivity index (χ3v) is 2.67. The number of phenols is 1. The van der Waals surface area contributed by atoms with Gasteiger partial charge in [-0.1, -0.05) is 38.1 Å². The average Bonchev–Trinajstić information content (AvgIpc) is 2.29. The van der Waals surface area contributed by atoms with Crippen LogP contribution in [-0.2, 0) is 0 Å². The summed E-state index contributed by atoms with van der Waals surface area (Å²) in [7, 11) is 1.57. The molecule has 0 bridgehead atoms. The third-order valence-electron chi connectivity index (χ3n) is 2.67. The van der Waals surface area contributed by atoms with Gasteiger partial charge in [0, 0.05) is 5.56 Å². The normalized spacial score (nSPS) is 12.9. The summed E-state index contributed by atoms with van der Waals surface area (Å²) in [6.07, 6.45) is 6.29. The largest absolute Gasteiger partial charge is 0.504 e. The lowest BCUT2D eigenvalue weighted by atomic mass is 9.96. The Labute approximate surface area is 97.6 Å². The van der Waals surface area contributed by atoms with Crippen LogP contribution in [0.4, 0.5) is 0 Å². The van der Waals surface area contributed by atoms with E-state index >= 15 is 0 Å². The molecule has 0 saturated heterocycles. The van der Waals surface area contributed by atoms with Gasteiger partial charge in [-0.15, -0.1) is 0 Å². The van der Waals surface area contributed by atoms with E-state index in [1.807, 2.05) is 12.1 Å². The van der Waals surface area contributed by atoms with Crippen molar-refractivity contribution in [2.75, 3.05) is 7.11 Å². The molecule has 0 heterocycles. The van der Waals surface area contributed by atoms with Crippen molar-refractivity contribution in [1.82, 2.24) is 0 Å². The Balaban J connectivity index is 2.82. The molecule has 1 aromatic carbocycles. The van der Waals surface area contributed by atoms with Crippen molar-refractivity contribution in [3.05, 3.63) is 35.9 Å². The number of methoxy groups -OCH3 is 1. The van der Waals surface area contributed by atoms with E-state index in [0.717, 1.165) is 18.4 Å². The fourth-order valence-corrected chi connectivity index (χ4v) is 1.70. The molecule has 2 heteroatoms. The molecule has 0 amide bonds. The summed E-state index contributed by atoms with van der Waals surface area (Å²) in [5.41, 5.74) is 0.945. The topological polar surface area (TPSA) is 29.5 Å². The minimum Gasteiger partial charge on any atom is -0.504 e. The third kappa shape index (κ3) is 3.02. The molecule has 1 unspecified atom stereocenters. The molecule has 1 atom stereocenters. The first-order valence-electron chi connectivity index (χ1n) is 5.71. The molecule has 1 rings (SSSR count). The zero-order valence-electron chi connectivity index (χ0n) is 10.2. The lowest BCUT2D eigenvalue weighted by Crippen LogP contribution is -1.94. The molecule has 88 valence electrons. The van der Waals surface area contributed by atoms with Gasteiger partial charge in [-0.3, -0.25) is 0 Å². The van der Waals surface area contributed by atoms with Crippen LogP contribution in [-0.4, -0.2) is 12.2 Å². The van der Waals surface area contributed by atoms with Gasteiger partial charge in [0.2, 0.25) is 0 Å². The van der Waals surface area contributed by atoms with Crippen LogP contribution < -0.4 is 4.74 Å². The van der Waals surface area contributed by atoms with Gasteiger partial charge in [-0.05, 0) is 24.8 Å². The van der Waals surface area contributed by atoms with E-state index in [0.29, 0.717) is 11.7 Å². The van der Waals surface area contributed by atoms with Gasteiger partial charge in [-0.25, -0.2) is 0 Å². The molecule has 1 N–H and O–H groups in total. The van der Waals surface area contributed by atoms with E-state index in [-0.39, 0.29) is 5.75 Å². The average molecular weight is 220 g/mol. The Morgan fingerprint density at radius 3 is 2.75 bits per heavy atom. The molecule has 0 aliphatic heterocycles. The number of phenolic OH excluding ortho intramolecular Hbond substituents is 1. The van der Waals surface area contributed by atoms with Gasteiger partial charge in [0.05, 0.1) is 7.11 Å². The van der Waals surface area contributed by atoms with Crippen molar-refractivity contribution in [1.29, 1.82) is 0 Å². The molecule has 0 saturated carbocycles. The van der Waals surface area contributed by atoms with Gasteiger partial charge in [0.25, 0.3) is 0 Å². The number of allylic oxidation sites excluding steroid dienone is 2. The van der Waals surface area contributed by atoms with Crippen molar-refractivity contribution in [3.8, 4) is 11.5 Å². The molecule has 0 fully saturated rings. The second-order valence-electron chi connectivity index (χ2n) is 3.91. The Hall–Kier alpha value is -1.44. The van der Waals surface area contributed by atoms with Crippen LogP contribution in [0.25, 0.3) is 0 Å². The fourth-order valence-electron chi connectivity index (χ4n) is 1.70. The molecule has 1 aromatic rings. The van der Waals surface area contributed by atoms with E-state index in [9.17, 15) is 5.11 Å². The molecule has 0 radical (unpaired) electrons. The molecule has 16 heavy (non-hydrogen) atoms. The zero-order chi connectivity index (χ0) is 12.0. The maximum absolute atomic E-state index is 9.97.